The number of carbonyl (C=O) groups excluding carboxylic acids is 3. The van der Waals surface area contributed by atoms with Gasteiger partial charge >= 0.3 is 12.1 Å². The lowest BCUT2D eigenvalue weighted by Gasteiger charge is -2.37. The van der Waals surface area contributed by atoms with Crippen molar-refractivity contribution in [2.24, 2.45) is 11.3 Å². The minimum absolute atomic E-state index is 0.0528. The van der Waals surface area contributed by atoms with Crippen molar-refractivity contribution in [2.75, 3.05) is 13.7 Å². The summed E-state index contributed by atoms with van der Waals surface area (Å²) in [6.45, 7) is 18.9. The molecule has 0 heterocycles. The summed E-state index contributed by atoms with van der Waals surface area (Å²) in [4.78, 5) is 39.6. The Labute approximate surface area is 182 Å². The average molecular weight is 427 g/mol. The standard InChI is InChI=1S/C23H42N2O5/c1-12-16(20(27)29-13-2)14-17(15(3)4)25(11)19(26)18(22(5,6)7)24-21(28)30-23(8,9)10/h14-15,17-18H,12-13H2,1-11H3,(H,24,28)/t17-,18-/m1/s1. The van der Waals surface area contributed by atoms with Crippen molar-refractivity contribution < 1.29 is 23.9 Å². The highest BCUT2D eigenvalue weighted by molar-refractivity contribution is 5.89. The average Bonchev–Trinajstić information content (AvgIpc) is 2.56. The van der Waals surface area contributed by atoms with Crippen LogP contribution in [0.3, 0.4) is 0 Å². The van der Waals surface area contributed by atoms with Crippen molar-refractivity contribution in [3.63, 3.8) is 0 Å². The molecule has 0 aromatic heterocycles. The van der Waals surface area contributed by atoms with Crippen LogP contribution in [0, 0.1) is 11.3 Å². The quantitative estimate of drug-likeness (QED) is 0.462. The van der Waals surface area contributed by atoms with Crippen LogP contribution in [0.5, 0.6) is 0 Å². The Kier molecular flexibility index (Phi) is 10.6. The molecule has 0 spiro atoms. The van der Waals surface area contributed by atoms with E-state index in [2.05, 4.69) is 5.32 Å². The van der Waals surface area contributed by atoms with E-state index in [4.69, 9.17) is 9.47 Å². The second-order valence-corrected chi connectivity index (χ2v) is 9.89. The highest BCUT2D eigenvalue weighted by Gasteiger charge is 2.38. The molecule has 0 aliphatic carbocycles. The lowest BCUT2D eigenvalue weighted by Crippen LogP contribution is -2.57. The van der Waals surface area contributed by atoms with Gasteiger partial charge in [0.25, 0.3) is 0 Å². The molecule has 7 nitrogen and oxygen atoms in total. The van der Waals surface area contributed by atoms with Crippen LogP contribution in [0.2, 0.25) is 0 Å². The Morgan fingerprint density at radius 3 is 1.93 bits per heavy atom. The topological polar surface area (TPSA) is 84.9 Å². The van der Waals surface area contributed by atoms with E-state index in [0.29, 0.717) is 18.6 Å². The van der Waals surface area contributed by atoms with Crippen LogP contribution in [0.1, 0.15) is 75.7 Å². The number of carbonyl (C=O) groups is 3. The van der Waals surface area contributed by atoms with Crippen LogP contribution >= 0.6 is 0 Å². The third-order valence-electron chi connectivity index (χ3n) is 4.54. The van der Waals surface area contributed by atoms with Gasteiger partial charge in [0.2, 0.25) is 5.91 Å². The number of likely N-dealkylation sites (N-methyl/N-ethyl adjacent to an activating group) is 1. The summed E-state index contributed by atoms with van der Waals surface area (Å²) in [7, 11) is 1.69. The number of alkyl carbamates (subject to hydrolysis) is 1. The molecular weight excluding hydrogens is 384 g/mol. The van der Waals surface area contributed by atoms with E-state index >= 15 is 0 Å². The Bertz CT molecular complexity index is 626. The second kappa shape index (κ2) is 11.4. The molecule has 30 heavy (non-hydrogen) atoms. The minimum atomic E-state index is -0.792. The van der Waals surface area contributed by atoms with Crippen molar-refractivity contribution in [2.45, 2.75) is 93.3 Å². The molecule has 0 aromatic carbocycles. The molecule has 0 saturated carbocycles. The Hall–Kier alpha value is -2.05. The molecule has 0 aromatic rings. The Balaban J connectivity index is 5.83. The fourth-order valence-corrected chi connectivity index (χ4v) is 2.94. The molecule has 0 rings (SSSR count). The van der Waals surface area contributed by atoms with Gasteiger partial charge in [-0.05, 0) is 45.4 Å². The molecule has 2 atom stereocenters. The largest absolute Gasteiger partial charge is 0.463 e. The zero-order valence-electron chi connectivity index (χ0n) is 20.7. The number of nitrogens with zero attached hydrogens (tertiary/aromatic N) is 1. The van der Waals surface area contributed by atoms with Gasteiger partial charge in [0, 0.05) is 12.6 Å². The van der Waals surface area contributed by atoms with Crippen molar-refractivity contribution in [3.8, 4) is 0 Å². The molecule has 1 N–H and O–H groups in total. The first kappa shape index (κ1) is 27.9. The molecule has 0 fully saturated rings. The predicted octanol–water partition coefficient (Wildman–Crippen LogP) is 4.31. The van der Waals surface area contributed by atoms with Gasteiger partial charge in [0.15, 0.2) is 0 Å². The van der Waals surface area contributed by atoms with Gasteiger partial charge in [-0.1, -0.05) is 47.6 Å². The van der Waals surface area contributed by atoms with Crippen molar-refractivity contribution in [3.05, 3.63) is 11.6 Å². The maximum atomic E-state index is 13.4. The first-order valence-electron chi connectivity index (χ1n) is 10.7. The third-order valence-corrected chi connectivity index (χ3v) is 4.54. The molecule has 0 aliphatic heterocycles. The molecule has 174 valence electrons. The molecule has 0 radical (unpaired) electrons. The number of amides is 2. The molecule has 0 saturated heterocycles. The highest BCUT2D eigenvalue weighted by Crippen LogP contribution is 2.24. The third kappa shape index (κ3) is 9.18. The van der Waals surface area contributed by atoms with E-state index in [1.165, 1.54) is 0 Å². The minimum Gasteiger partial charge on any atom is -0.463 e. The monoisotopic (exact) mass is 426 g/mol. The van der Waals surface area contributed by atoms with E-state index < -0.39 is 23.2 Å². The van der Waals surface area contributed by atoms with Crippen LogP contribution in [0.15, 0.2) is 11.6 Å². The van der Waals surface area contributed by atoms with Crippen molar-refractivity contribution in [1.29, 1.82) is 0 Å². The predicted molar refractivity (Wildman–Crippen MR) is 119 cm³/mol. The zero-order valence-corrected chi connectivity index (χ0v) is 20.7. The molecule has 0 bridgehead atoms. The number of nitrogens with one attached hydrogen (secondary N) is 1. The Morgan fingerprint density at radius 2 is 1.57 bits per heavy atom. The number of rotatable bonds is 8. The fourth-order valence-electron chi connectivity index (χ4n) is 2.94. The molecule has 0 aliphatic rings. The molecule has 7 heteroatoms. The molecular formula is C23H42N2O5. The highest BCUT2D eigenvalue weighted by atomic mass is 16.6. The van der Waals surface area contributed by atoms with Crippen LogP contribution in [0.25, 0.3) is 0 Å². The molecule has 2 amide bonds. The number of ether oxygens (including phenoxy) is 2. The van der Waals surface area contributed by atoms with E-state index in [9.17, 15) is 14.4 Å². The first-order chi connectivity index (χ1) is 13.5. The summed E-state index contributed by atoms with van der Waals surface area (Å²) in [5.41, 5.74) is -0.676. The van der Waals surface area contributed by atoms with E-state index in [0.717, 1.165) is 0 Å². The smallest absolute Gasteiger partial charge is 0.408 e. The van der Waals surface area contributed by atoms with Gasteiger partial charge in [-0.15, -0.1) is 0 Å². The van der Waals surface area contributed by atoms with Crippen LogP contribution in [-0.2, 0) is 19.1 Å². The summed E-state index contributed by atoms with van der Waals surface area (Å²) in [6.07, 6.45) is 1.66. The Morgan fingerprint density at radius 1 is 1.03 bits per heavy atom. The van der Waals surface area contributed by atoms with Gasteiger partial charge < -0.3 is 19.7 Å². The van der Waals surface area contributed by atoms with Crippen LogP contribution in [-0.4, -0.2) is 54.2 Å². The summed E-state index contributed by atoms with van der Waals surface area (Å²) < 4.78 is 10.5. The summed E-state index contributed by atoms with van der Waals surface area (Å²) in [6, 6.07) is -1.12. The van der Waals surface area contributed by atoms with Gasteiger partial charge in [-0.25, -0.2) is 9.59 Å². The fraction of sp³-hybridized carbons (Fsp3) is 0.783. The zero-order chi connectivity index (χ0) is 23.9. The van der Waals surface area contributed by atoms with E-state index in [-0.39, 0.29) is 23.8 Å². The second-order valence-electron chi connectivity index (χ2n) is 9.89. The lowest BCUT2D eigenvalue weighted by atomic mass is 9.85. The maximum Gasteiger partial charge on any atom is 0.408 e. The van der Waals surface area contributed by atoms with Crippen molar-refractivity contribution in [1.82, 2.24) is 10.2 Å². The number of hydrogen-bond acceptors (Lipinski definition) is 5. The summed E-state index contributed by atoms with van der Waals surface area (Å²) in [5, 5.41) is 2.73. The lowest BCUT2D eigenvalue weighted by molar-refractivity contribution is -0.139. The SMILES string of the molecule is CCOC(=O)C(=C[C@H](C(C)C)N(C)C(=O)[C@@H](NC(=O)OC(C)(C)C)C(C)(C)C)CC. The first-order valence-corrected chi connectivity index (χ1v) is 10.7. The summed E-state index contributed by atoms with van der Waals surface area (Å²) >= 11 is 0. The van der Waals surface area contributed by atoms with Gasteiger partial charge in [-0.2, -0.15) is 0 Å². The number of esters is 1. The normalized spacial score (nSPS) is 14.7. The van der Waals surface area contributed by atoms with Crippen LogP contribution in [0.4, 0.5) is 4.79 Å². The van der Waals surface area contributed by atoms with Gasteiger partial charge in [0.05, 0.1) is 12.6 Å². The van der Waals surface area contributed by atoms with Crippen LogP contribution < -0.4 is 5.32 Å². The summed E-state index contributed by atoms with van der Waals surface area (Å²) in [5.74, 6) is -0.564. The molecule has 0 unspecified atom stereocenters. The maximum absolute atomic E-state index is 13.4. The van der Waals surface area contributed by atoms with Gasteiger partial charge in [0.1, 0.15) is 11.6 Å². The van der Waals surface area contributed by atoms with Crippen molar-refractivity contribution >= 4 is 18.0 Å². The number of hydrogen-bond donors (Lipinski definition) is 1. The van der Waals surface area contributed by atoms with E-state index in [1.54, 1.807) is 45.7 Å². The van der Waals surface area contributed by atoms with E-state index in [1.807, 2.05) is 41.5 Å². The van der Waals surface area contributed by atoms with Gasteiger partial charge in [-0.3, -0.25) is 4.79 Å².